The third-order valence-electron chi connectivity index (χ3n) is 8.76. The highest BCUT2D eigenvalue weighted by Crippen LogP contribution is 2.33. The minimum Gasteiger partial charge on any atom is -0.394 e. The Labute approximate surface area is 307 Å². The molecule has 6 rings (SSSR count). The first-order valence-corrected chi connectivity index (χ1v) is 20.1. The molecule has 0 amide bonds. The average molecular weight is 774 g/mol. The van der Waals surface area contributed by atoms with Crippen LogP contribution in [0.2, 0.25) is 15.3 Å². The Bertz CT molecular complexity index is 1670. The normalized spacial score (nSPS) is 19.7. The SMILES string of the molecule is CC(C)[C@H](CO)Nc1nc(Cl)nc2c1S(=O)CC2.CC(C)[C@H](CO)Nc1nc(N2CCN(c3cc(Cl)cc(Cl)c3)CC2)nc2c1S(=O)CC2. The van der Waals surface area contributed by atoms with E-state index >= 15 is 0 Å². The molecule has 17 heteroatoms. The standard InChI is InChI=1S/C21H27Cl2N5O2S.C11H16ClN3O2S/c1-13(2)18(12-29)24-20-19-17(3-8-31(19)30)25-21(26-20)28-6-4-27(5-7-28)16-10-14(22)9-15(23)11-16;1-6(2)8(5-16)13-10-9-7(3-4-18(9)17)14-11(12)15-10/h9-11,13,18,29H,3-8,12H2,1-2H3,(H,24,25,26);6,8,16H,3-5H2,1-2H3,(H,13,14,15)/t18-,31?;8-,18?/m00/s1. The first-order valence-electron chi connectivity index (χ1n) is 16.3. The van der Waals surface area contributed by atoms with Crippen molar-refractivity contribution < 1.29 is 18.6 Å². The Morgan fingerprint density at radius 2 is 1.18 bits per heavy atom. The van der Waals surface area contributed by atoms with Crippen LogP contribution in [0.1, 0.15) is 39.1 Å². The highest BCUT2D eigenvalue weighted by molar-refractivity contribution is 7.85. The molecule has 1 aromatic carbocycles. The molecule has 268 valence electrons. The lowest BCUT2D eigenvalue weighted by molar-refractivity contribution is 0.248. The van der Waals surface area contributed by atoms with Crippen molar-refractivity contribution in [3.8, 4) is 0 Å². The van der Waals surface area contributed by atoms with Crippen molar-refractivity contribution in [2.24, 2.45) is 11.8 Å². The molecule has 4 atom stereocenters. The first-order chi connectivity index (χ1) is 23.4. The number of aryl methyl sites for hydroxylation is 2. The summed E-state index contributed by atoms with van der Waals surface area (Å²) < 4.78 is 24.5. The largest absolute Gasteiger partial charge is 0.394 e. The lowest BCUT2D eigenvalue weighted by Crippen LogP contribution is -2.47. The number of rotatable bonds is 10. The van der Waals surface area contributed by atoms with Crippen LogP contribution in [0.4, 0.5) is 23.3 Å². The van der Waals surface area contributed by atoms with Crippen LogP contribution in [0.25, 0.3) is 0 Å². The minimum absolute atomic E-state index is 0.0132. The van der Waals surface area contributed by atoms with Crippen LogP contribution >= 0.6 is 34.8 Å². The predicted octanol–water partition coefficient (Wildman–Crippen LogP) is 4.43. The molecule has 12 nitrogen and oxygen atoms in total. The van der Waals surface area contributed by atoms with Crippen molar-refractivity contribution in [3.63, 3.8) is 0 Å². The van der Waals surface area contributed by atoms with Gasteiger partial charge in [0.25, 0.3) is 0 Å². The number of benzene rings is 1. The van der Waals surface area contributed by atoms with E-state index < -0.39 is 21.6 Å². The number of nitrogens with zero attached hydrogens (tertiary/aromatic N) is 6. The van der Waals surface area contributed by atoms with Crippen LogP contribution in [0, 0.1) is 11.8 Å². The van der Waals surface area contributed by atoms with E-state index in [2.05, 4.69) is 30.4 Å². The molecule has 2 unspecified atom stereocenters. The van der Waals surface area contributed by atoms with E-state index in [1.165, 1.54) is 0 Å². The van der Waals surface area contributed by atoms with Gasteiger partial charge in [-0.2, -0.15) is 9.97 Å². The van der Waals surface area contributed by atoms with E-state index in [0.717, 1.165) is 43.3 Å². The van der Waals surface area contributed by atoms with Crippen molar-refractivity contribution in [1.82, 2.24) is 19.9 Å². The van der Waals surface area contributed by atoms with Gasteiger partial charge in [-0.1, -0.05) is 50.9 Å². The number of aliphatic hydroxyl groups excluding tert-OH is 2. The Hall–Kier alpha value is -2.33. The second kappa shape index (κ2) is 16.8. The summed E-state index contributed by atoms with van der Waals surface area (Å²) in [6.45, 7) is 11.1. The van der Waals surface area contributed by atoms with Gasteiger partial charge < -0.3 is 30.6 Å². The summed E-state index contributed by atoms with van der Waals surface area (Å²) in [5.41, 5.74) is 2.60. The lowest BCUT2D eigenvalue weighted by atomic mass is 10.1. The maximum absolute atomic E-state index is 12.6. The van der Waals surface area contributed by atoms with Crippen LogP contribution in [0.3, 0.4) is 0 Å². The fourth-order valence-corrected chi connectivity index (χ4v) is 9.10. The van der Waals surface area contributed by atoms with E-state index in [0.29, 0.717) is 61.8 Å². The van der Waals surface area contributed by atoms with Crippen LogP contribution in [-0.4, -0.2) is 102 Å². The second-order valence-electron chi connectivity index (χ2n) is 12.8. The molecule has 0 spiro atoms. The monoisotopic (exact) mass is 772 g/mol. The molecule has 2 aromatic heterocycles. The second-order valence-corrected chi connectivity index (χ2v) is 17.0. The van der Waals surface area contributed by atoms with Crippen LogP contribution < -0.4 is 20.4 Å². The number of nitrogens with one attached hydrogen (secondary N) is 2. The van der Waals surface area contributed by atoms with Crippen LogP contribution in [0.5, 0.6) is 0 Å². The van der Waals surface area contributed by atoms with Gasteiger partial charge in [-0.3, -0.25) is 8.42 Å². The van der Waals surface area contributed by atoms with E-state index in [9.17, 15) is 18.6 Å². The van der Waals surface area contributed by atoms with Crippen LogP contribution in [-0.2, 0) is 34.4 Å². The fraction of sp³-hybridized carbons (Fsp3) is 0.562. The summed E-state index contributed by atoms with van der Waals surface area (Å²) in [6, 6.07) is 5.28. The van der Waals surface area contributed by atoms with Gasteiger partial charge in [0.1, 0.15) is 21.4 Å². The van der Waals surface area contributed by atoms with E-state index in [1.807, 2.05) is 39.8 Å². The van der Waals surface area contributed by atoms with Gasteiger partial charge in [-0.25, -0.2) is 9.97 Å². The number of piperazine rings is 1. The molecular formula is C32H43Cl3N8O4S2. The summed E-state index contributed by atoms with van der Waals surface area (Å²) in [5.74, 6) is 3.29. The third-order valence-corrected chi connectivity index (χ3v) is 12.3. The number of fused-ring (bicyclic) bond motifs is 2. The molecule has 1 fully saturated rings. The Morgan fingerprint density at radius 3 is 1.67 bits per heavy atom. The number of anilines is 4. The minimum atomic E-state index is -1.11. The lowest BCUT2D eigenvalue weighted by Gasteiger charge is -2.36. The van der Waals surface area contributed by atoms with E-state index in [1.54, 1.807) is 6.07 Å². The highest BCUT2D eigenvalue weighted by Gasteiger charge is 2.30. The van der Waals surface area contributed by atoms with Gasteiger partial charge in [0.15, 0.2) is 0 Å². The van der Waals surface area contributed by atoms with Crippen molar-refractivity contribution in [2.75, 3.05) is 71.3 Å². The number of aliphatic hydroxyl groups is 2. The van der Waals surface area contributed by atoms with Crippen molar-refractivity contribution in [1.29, 1.82) is 0 Å². The van der Waals surface area contributed by atoms with Gasteiger partial charge in [-0.05, 0) is 41.6 Å². The number of hydrogen-bond acceptors (Lipinski definition) is 12. The molecule has 49 heavy (non-hydrogen) atoms. The maximum Gasteiger partial charge on any atom is 0.227 e. The Balaban J connectivity index is 0.000000221. The Kier molecular flexibility index (Phi) is 13.0. The number of hydrogen-bond donors (Lipinski definition) is 4. The molecule has 0 aliphatic carbocycles. The third kappa shape index (κ3) is 9.13. The van der Waals surface area contributed by atoms with Crippen molar-refractivity contribution >= 4 is 79.7 Å². The molecule has 0 radical (unpaired) electrons. The number of aromatic nitrogens is 4. The Morgan fingerprint density at radius 1 is 0.714 bits per heavy atom. The zero-order valence-corrected chi connectivity index (χ0v) is 31.9. The molecule has 3 aliphatic rings. The molecular weight excluding hydrogens is 731 g/mol. The van der Waals surface area contributed by atoms with Gasteiger partial charge in [0.2, 0.25) is 11.2 Å². The first kappa shape index (κ1) is 37.9. The summed E-state index contributed by atoms with van der Waals surface area (Å²) in [4.78, 5) is 23.4. The van der Waals surface area contributed by atoms with E-state index in [4.69, 9.17) is 44.8 Å². The van der Waals surface area contributed by atoms with E-state index in [-0.39, 0.29) is 42.4 Å². The molecule has 0 saturated carbocycles. The predicted molar refractivity (Wildman–Crippen MR) is 199 cm³/mol. The quantitative estimate of drug-likeness (QED) is 0.216. The smallest absolute Gasteiger partial charge is 0.227 e. The molecule has 4 N–H and O–H groups in total. The topological polar surface area (TPSA) is 157 Å². The number of halogens is 3. The van der Waals surface area contributed by atoms with Crippen molar-refractivity contribution in [3.05, 3.63) is 44.9 Å². The molecule has 0 bridgehead atoms. The van der Waals surface area contributed by atoms with Gasteiger partial charge >= 0.3 is 0 Å². The molecule has 1 saturated heterocycles. The van der Waals surface area contributed by atoms with Crippen molar-refractivity contribution in [2.45, 2.75) is 62.4 Å². The summed E-state index contributed by atoms with van der Waals surface area (Å²) >= 11 is 18.2. The van der Waals surface area contributed by atoms with Gasteiger partial charge in [0, 0.05) is 66.3 Å². The van der Waals surface area contributed by atoms with Crippen LogP contribution in [0.15, 0.2) is 28.0 Å². The molecule has 3 aliphatic heterocycles. The van der Waals surface area contributed by atoms with Gasteiger partial charge in [-0.15, -0.1) is 0 Å². The van der Waals surface area contributed by atoms with Gasteiger partial charge in [0.05, 0.1) is 58.3 Å². The zero-order valence-electron chi connectivity index (χ0n) is 28.0. The maximum atomic E-state index is 12.6. The molecule has 3 aromatic rings. The highest BCUT2D eigenvalue weighted by atomic mass is 35.5. The molecule has 5 heterocycles. The summed E-state index contributed by atoms with van der Waals surface area (Å²) in [7, 11) is -2.19. The fourth-order valence-electron chi connectivity index (χ4n) is 5.77. The average Bonchev–Trinajstić information content (AvgIpc) is 3.63. The summed E-state index contributed by atoms with van der Waals surface area (Å²) in [5, 5.41) is 26.9. The zero-order chi connectivity index (χ0) is 35.4. The summed E-state index contributed by atoms with van der Waals surface area (Å²) in [6.07, 6.45) is 1.34.